The van der Waals surface area contributed by atoms with E-state index in [4.69, 9.17) is 28.7 Å². The summed E-state index contributed by atoms with van der Waals surface area (Å²) in [6, 6.07) is 12.1. The van der Waals surface area contributed by atoms with Gasteiger partial charge in [0.05, 0.1) is 45.8 Å². The number of methoxy groups -OCH3 is 3. The zero-order valence-corrected chi connectivity index (χ0v) is 22.5. The fourth-order valence-electron chi connectivity index (χ4n) is 3.71. The Labute approximate surface area is 220 Å². The molecule has 2 aromatic carbocycles. The van der Waals surface area contributed by atoms with Gasteiger partial charge in [-0.05, 0) is 37.6 Å². The minimum Gasteiger partial charge on any atom is -0.497 e. The van der Waals surface area contributed by atoms with Crippen molar-refractivity contribution in [1.29, 1.82) is 0 Å². The van der Waals surface area contributed by atoms with Crippen LogP contribution in [-0.4, -0.2) is 57.5 Å². The molecule has 0 amide bonds. The number of carbonyl (C=O) groups is 2. The number of hydrogen-bond acceptors (Lipinski definition) is 10. The Kier molecular flexibility index (Phi) is 10.3. The lowest BCUT2D eigenvalue weighted by atomic mass is 10.0. The summed E-state index contributed by atoms with van der Waals surface area (Å²) in [6.07, 6.45) is 0.296. The lowest BCUT2D eigenvalue weighted by molar-refractivity contribution is -0.145. The fraction of sp³-hybridized carbons (Fsp3) is 0.370. The summed E-state index contributed by atoms with van der Waals surface area (Å²) in [6.45, 7) is 4.11. The molecule has 3 rings (SSSR count). The summed E-state index contributed by atoms with van der Waals surface area (Å²) in [5.41, 5.74) is 2.03. The second kappa shape index (κ2) is 13.6. The highest BCUT2D eigenvalue weighted by atomic mass is 32.1. The maximum absolute atomic E-state index is 12.8. The molecule has 1 aromatic heterocycles. The van der Waals surface area contributed by atoms with Gasteiger partial charge in [0.2, 0.25) is 0 Å². The molecule has 9 nitrogen and oxygen atoms in total. The molecule has 198 valence electrons. The number of esters is 2. The Morgan fingerprint density at radius 3 is 2.35 bits per heavy atom. The number of nitrogens with zero attached hydrogens (tertiary/aromatic N) is 1. The maximum Gasteiger partial charge on any atom is 0.350 e. The Morgan fingerprint density at radius 1 is 0.946 bits per heavy atom. The van der Waals surface area contributed by atoms with Crippen LogP contribution in [-0.2, 0) is 27.2 Å². The van der Waals surface area contributed by atoms with Gasteiger partial charge in [0.25, 0.3) is 0 Å². The number of nitrogens with one attached hydrogen (secondary N) is 1. The summed E-state index contributed by atoms with van der Waals surface area (Å²) >= 11 is 1.22. The van der Waals surface area contributed by atoms with Crippen LogP contribution in [0.5, 0.6) is 17.2 Å². The third kappa shape index (κ3) is 6.99. The molecule has 0 bridgehead atoms. The molecule has 0 saturated carbocycles. The van der Waals surface area contributed by atoms with Crippen LogP contribution in [0.4, 0.5) is 0 Å². The lowest BCUT2D eigenvalue weighted by Gasteiger charge is -2.19. The lowest BCUT2D eigenvalue weighted by Crippen LogP contribution is -2.40. The van der Waals surface area contributed by atoms with Gasteiger partial charge in [0, 0.05) is 19.0 Å². The number of para-hydroxylation sites is 1. The van der Waals surface area contributed by atoms with Crippen LogP contribution in [0.15, 0.2) is 42.5 Å². The van der Waals surface area contributed by atoms with Gasteiger partial charge in [-0.3, -0.25) is 10.1 Å². The van der Waals surface area contributed by atoms with E-state index in [1.165, 1.54) is 11.3 Å². The van der Waals surface area contributed by atoms with Crippen LogP contribution in [0.25, 0.3) is 10.6 Å². The van der Waals surface area contributed by atoms with Crippen molar-refractivity contribution in [3.63, 3.8) is 0 Å². The van der Waals surface area contributed by atoms with Gasteiger partial charge in [-0.1, -0.05) is 18.2 Å². The van der Waals surface area contributed by atoms with Crippen molar-refractivity contribution in [1.82, 2.24) is 10.3 Å². The molecule has 1 atom stereocenters. The SMILES string of the molecule is CCOC(=O)c1sc(-c2ccccc2OC)nc1CNC(Cc1ccc(OC)cc1OC)C(=O)OCC. The molecule has 1 heterocycles. The van der Waals surface area contributed by atoms with Crippen LogP contribution in [0, 0.1) is 0 Å². The maximum atomic E-state index is 12.8. The highest BCUT2D eigenvalue weighted by Gasteiger charge is 2.26. The summed E-state index contributed by atoms with van der Waals surface area (Å²) in [5, 5.41) is 3.84. The van der Waals surface area contributed by atoms with Crippen molar-refractivity contribution in [3.8, 4) is 27.8 Å². The normalized spacial score (nSPS) is 11.5. The van der Waals surface area contributed by atoms with E-state index in [1.54, 1.807) is 47.3 Å². The molecule has 0 fully saturated rings. The molecule has 1 unspecified atom stereocenters. The van der Waals surface area contributed by atoms with Crippen LogP contribution < -0.4 is 19.5 Å². The third-order valence-corrected chi connectivity index (χ3v) is 6.61. The first-order valence-corrected chi connectivity index (χ1v) is 12.7. The standard InChI is InChI=1S/C27H32N2O7S/c1-6-35-26(30)20(14-17-12-13-18(32-3)15-23(17)34-5)28-16-21-24(27(31)36-7-2)37-25(29-21)19-10-8-9-11-22(19)33-4/h8-13,15,20,28H,6-7,14,16H2,1-5H3. The zero-order valence-electron chi connectivity index (χ0n) is 21.7. The molecule has 0 spiro atoms. The van der Waals surface area contributed by atoms with E-state index >= 15 is 0 Å². The predicted octanol–water partition coefficient (Wildman–Crippen LogP) is 4.28. The Hall–Kier alpha value is -3.63. The van der Waals surface area contributed by atoms with E-state index in [9.17, 15) is 9.59 Å². The van der Waals surface area contributed by atoms with Crippen LogP contribution in [0.2, 0.25) is 0 Å². The molecule has 0 saturated heterocycles. The molecular weight excluding hydrogens is 496 g/mol. The second-order valence-electron chi connectivity index (χ2n) is 7.78. The molecule has 37 heavy (non-hydrogen) atoms. The second-order valence-corrected chi connectivity index (χ2v) is 8.78. The quantitative estimate of drug-likeness (QED) is 0.326. The van der Waals surface area contributed by atoms with Crippen LogP contribution in [0.1, 0.15) is 34.8 Å². The third-order valence-electron chi connectivity index (χ3n) is 5.50. The highest BCUT2D eigenvalue weighted by Crippen LogP contribution is 2.35. The number of hydrogen-bond donors (Lipinski definition) is 1. The number of aromatic nitrogens is 1. The molecule has 0 aliphatic rings. The van der Waals surface area contributed by atoms with E-state index in [-0.39, 0.29) is 19.8 Å². The average Bonchev–Trinajstić information content (AvgIpc) is 3.35. The smallest absolute Gasteiger partial charge is 0.350 e. The highest BCUT2D eigenvalue weighted by molar-refractivity contribution is 7.17. The van der Waals surface area contributed by atoms with E-state index in [0.29, 0.717) is 39.2 Å². The minimum atomic E-state index is -0.714. The summed E-state index contributed by atoms with van der Waals surface area (Å²) in [4.78, 5) is 30.7. The van der Waals surface area contributed by atoms with Crippen molar-refractivity contribution in [3.05, 3.63) is 58.6 Å². The predicted molar refractivity (Wildman–Crippen MR) is 141 cm³/mol. The first kappa shape index (κ1) is 27.9. The Morgan fingerprint density at radius 2 is 1.68 bits per heavy atom. The minimum absolute atomic E-state index is 0.141. The number of rotatable bonds is 13. The Balaban J connectivity index is 1.91. The van der Waals surface area contributed by atoms with E-state index in [0.717, 1.165) is 11.1 Å². The van der Waals surface area contributed by atoms with Crippen LogP contribution in [0.3, 0.4) is 0 Å². The zero-order chi connectivity index (χ0) is 26.8. The van der Waals surface area contributed by atoms with Gasteiger partial charge in [0.1, 0.15) is 33.2 Å². The fourth-order valence-corrected chi connectivity index (χ4v) is 4.71. The molecule has 0 aliphatic heterocycles. The first-order valence-electron chi connectivity index (χ1n) is 11.9. The number of benzene rings is 2. The molecule has 0 aliphatic carbocycles. The number of thiazole rings is 1. The van der Waals surface area contributed by atoms with E-state index < -0.39 is 18.0 Å². The van der Waals surface area contributed by atoms with Crippen molar-refractivity contribution in [2.75, 3.05) is 34.5 Å². The van der Waals surface area contributed by atoms with Gasteiger partial charge in [0.15, 0.2) is 0 Å². The van der Waals surface area contributed by atoms with Gasteiger partial charge < -0.3 is 23.7 Å². The Bertz CT molecular complexity index is 1210. The van der Waals surface area contributed by atoms with Crippen molar-refractivity contribution >= 4 is 23.3 Å². The average molecular weight is 529 g/mol. The van der Waals surface area contributed by atoms with E-state index in [1.807, 2.05) is 30.3 Å². The van der Waals surface area contributed by atoms with Gasteiger partial charge in [-0.2, -0.15) is 0 Å². The van der Waals surface area contributed by atoms with Crippen molar-refractivity contribution in [2.45, 2.75) is 32.9 Å². The molecule has 1 N–H and O–H groups in total. The number of ether oxygens (including phenoxy) is 5. The van der Waals surface area contributed by atoms with Gasteiger partial charge in [-0.15, -0.1) is 11.3 Å². The number of carbonyl (C=O) groups excluding carboxylic acids is 2. The monoisotopic (exact) mass is 528 g/mol. The summed E-state index contributed by atoms with van der Waals surface area (Å²) < 4.78 is 26.8. The first-order chi connectivity index (χ1) is 17.9. The molecular formula is C27H32N2O7S. The van der Waals surface area contributed by atoms with Crippen LogP contribution >= 0.6 is 11.3 Å². The molecule has 3 aromatic rings. The molecule has 0 radical (unpaired) electrons. The largest absolute Gasteiger partial charge is 0.497 e. The summed E-state index contributed by atoms with van der Waals surface area (Å²) in [5.74, 6) is 0.990. The van der Waals surface area contributed by atoms with Gasteiger partial charge in [-0.25, -0.2) is 9.78 Å². The molecule has 10 heteroatoms. The van der Waals surface area contributed by atoms with E-state index in [2.05, 4.69) is 5.32 Å². The summed E-state index contributed by atoms with van der Waals surface area (Å²) in [7, 11) is 4.72. The van der Waals surface area contributed by atoms with Crippen molar-refractivity contribution in [2.24, 2.45) is 0 Å². The topological polar surface area (TPSA) is 105 Å². The van der Waals surface area contributed by atoms with Gasteiger partial charge >= 0.3 is 11.9 Å². The van der Waals surface area contributed by atoms with Crippen molar-refractivity contribution < 1.29 is 33.3 Å².